The summed E-state index contributed by atoms with van der Waals surface area (Å²) in [5, 5.41) is 2.19. The van der Waals surface area contributed by atoms with Gasteiger partial charge >= 0.3 is 6.18 Å². The Kier molecular flexibility index (Phi) is 6.46. The molecule has 0 aliphatic heterocycles. The van der Waals surface area contributed by atoms with E-state index in [-0.39, 0.29) is 11.4 Å². The number of carbonyl (C=O) groups excluding carboxylic acids is 1. The number of nitrogens with one attached hydrogen (secondary N) is 1. The van der Waals surface area contributed by atoms with Crippen molar-refractivity contribution in [1.29, 1.82) is 0 Å². The Labute approximate surface area is 167 Å². The van der Waals surface area contributed by atoms with Gasteiger partial charge in [-0.15, -0.1) is 0 Å². The van der Waals surface area contributed by atoms with Gasteiger partial charge in [0.15, 0.2) is 0 Å². The normalized spacial score (nSPS) is 12.9. The third-order valence-electron chi connectivity index (χ3n) is 4.15. The number of para-hydroxylation sites is 1. The zero-order valence-corrected chi connectivity index (χ0v) is 17.1. The van der Waals surface area contributed by atoms with E-state index >= 15 is 0 Å². The summed E-state index contributed by atoms with van der Waals surface area (Å²) < 4.78 is 70.5. The van der Waals surface area contributed by atoms with Gasteiger partial charge in [0, 0.05) is 0 Å². The third-order valence-corrected chi connectivity index (χ3v) is 5.38. The molecule has 1 unspecified atom stereocenters. The first kappa shape index (κ1) is 22.5. The molecule has 1 atom stereocenters. The van der Waals surface area contributed by atoms with Crippen LogP contribution in [-0.2, 0) is 21.0 Å². The number of hydrogen-bond acceptors (Lipinski definition) is 4. The molecule has 0 fully saturated rings. The molecule has 1 N–H and O–H groups in total. The number of alkyl halides is 3. The van der Waals surface area contributed by atoms with E-state index in [0.717, 1.165) is 22.7 Å². The SMILES string of the molecule is COc1ccc(C)cc1N(C(C)C(=O)Nc1ccccc1C(F)(F)F)S(C)(=O)=O. The van der Waals surface area contributed by atoms with Crippen molar-refractivity contribution in [3.05, 3.63) is 53.6 Å². The van der Waals surface area contributed by atoms with Crippen LogP contribution in [0.15, 0.2) is 42.5 Å². The second-order valence-corrected chi connectivity index (χ2v) is 8.30. The number of ether oxygens (including phenoxy) is 1. The Morgan fingerprint density at radius 1 is 1.17 bits per heavy atom. The first-order chi connectivity index (χ1) is 13.4. The second-order valence-electron chi connectivity index (χ2n) is 6.44. The minimum Gasteiger partial charge on any atom is -0.495 e. The van der Waals surface area contributed by atoms with Gasteiger partial charge in [-0.3, -0.25) is 9.10 Å². The molecular formula is C19H21F3N2O4S. The van der Waals surface area contributed by atoms with Gasteiger partial charge in [-0.05, 0) is 43.7 Å². The topological polar surface area (TPSA) is 75.7 Å². The van der Waals surface area contributed by atoms with Gasteiger partial charge in [-0.1, -0.05) is 18.2 Å². The molecule has 0 aliphatic carbocycles. The summed E-state index contributed by atoms with van der Waals surface area (Å²) in [4.78, 5) is 12.7. The Hall–Kier alpha value is -2.75. The van der Waals surface area contributed by atoms with Crippen LogP contribution in [0.3, 0.4) is 0 Å². The van der Waals surface area contributed by atoms with E-state index in [4.69, 9.17) is 4.74 Å². The summed E-state index contributed by atoms with van der Waals surface area (Å²) >= 11 is 0. The molecule has 0 bridgehead atoms. The van der Waals surface area contributed by atoms with Crippen molar-refractivity contribution in [1.82, 2.24) is 0 Å². The summed E-state index contributed by atoms with van der Waals surface area (Å²) in [5.41, 5.74) is -0.660. The lowest BCUT2D eigenvalue weighted by Gasteiger charge is -2.30. The number of sulfonamides is 1. The van der Waals surface area contributed by atoms with Crippen molar-refractivity contribution >= 4 is 27.3 Å². The van der Waals surface area contributed by atoms with Crippen LogP contribution < -0.4 is 14.4 Å². The number of halogens is 3. The zero-order valence-electron chi connectivity index (χ0n) is 16.2. The molecule has 2 aromatic carbocycles. The predicted molar refractivity (Wildman–Crippen MR) is 105 cm³/mol. The lowest BCUT2D eigenvalue weighted by Crippen LogP contribution is -2.45. The van der Waals surface area contributed by atoms with Crippen molar-refractivity contribution < 1.29 is 31.1 Å². The standard InChI is InChI=1S/C19H21F3N2O4S/c1-12-9-10-17(28-3)16(11-12)24(29(4,26)27)13(2)18(25)23-15-8-6-5-7-14(15)19(20,21)22/h5-11,13H,1-4H3,(H,23,25). The maximum absolute atomic E-state index is 13.2. The van der Waals surface area contributed by atoms with Crippen LogP contribution in [0.1, 0.15) is 18.1 Å². The summed E-state index contributed by atoms with van der Waals surface area (Å²) in [6.45, 7) is 3.02. The molecule has 0 saturated heterocycles. The van der Waals surface area contributed by atoms with Crippen molar-refractivity contribution in [3.8, 4) is 5.75 Å². The first-order valence-electron chi connectivity index (χ1n) is 8.47. The minimum atomic E-state index is -4.68. The molecule has 1 amide bonds. The number of aryl methyl sites for hydroxylation is 1. The van der Waals surface area contributed by atoms with E-state index in [0.29, 0.717) is 5.56 Å². The van der Waals surface area contributed by atoms with E-state index in [1.165, 1.54) is 32.2 Å². The fourth-order valence-electron chi connectivity index (χ4n) is 2.83. The number of methoxy groups -OCH3 is 1. The molecule has 0 spiro atoms. The Morgan fingerprint density at radius 3 is 2.34 bits per heavy atom. The number of benzene rings is 2. The van der Waals surface area contributed by atoms with Crippen LogP contribution >= 0.6 is 0 Å². The molecule has 0 saturated carbocycles. The van der Waals surface area contributed by atoms with Gasteiger partial charge in [0.2, 0.25) is 15.9 Å². The number of carbonyl (C=O) groups is 1. The van der Waals surface area contributed by atoms with Gasteiger partial charge in [0.05, 0.1) is 30.3 Å². The fourth-order valence-corrected chi connectivity index (χ4v) is 4.00. The summed E-state index contributed by atoms with van der Waals surface area (Å²) in [7, 11) is -2.63. The second kappa shape index (κ2) is 8.32. The molecule has 0 aromatic heterocycles. The van der Waals surface area contributed by atoms with Gasteiger partial charge in [-0.25, -0.2) is 8.42 Å². The molecule has 10 heteroatoms. The zero-order chi connectivity index (χ0) is 22.0. The van der Waals surface area contributed by atoms with Crippen LogP contribution in [0.25, 0.3) is 0 Å². The smallest absolute Gasteiger partial charge is 0.418 e. The number of anilines is 2. The van der Waals surface area contributed by atoms with Crippen LogP contribution in [-0.4, -0.2) is 33.7 Å². The van der Waals surface area contributed by atoms with Crippen molar-refractivity contribution in [2.75, 3.05) is 23.0 Å². The van der Waals surface area contributed by atoms with Gasteiger partial charge in [-0.2, -0.15) is 13.2 Å². The van der Waals surface area contributed by atoms with Gasteiger partial charge < -0.3 is 10.1 Å². The average molecular weight is 430 g/mol. The summed E-state index contributed by atoms with van der Waals surface area (Å²) in [5.74, 6) is -0.716. The highest BCUT2D eigenvalue weighted by molar-refractivity contribution is 7.92. The Bertz CT molecular complexity index is 1010. The van der Waals surface area contributed by atoms with Gasteiger partial charge in [0.1, 0.15) is 11.8 Å². The maximum Gasteiger partial charge on any atom is 0.418 e. The molecule has 6 nitrogen and oxygen atoms in total. The predicted octanol–water partition coefficient (Wildman–Crippen LogP) is 3.82. The van der Waals surface area contributed by atoms with E-state index in [9.17, 15) is 26.4 Å². The van der Waals surface area contributed by atoms with Crippen LogP contribution in [0, 0.1) is 6.92 Å². The molecule has 0 aliphatic rings. The minimum absolute atomic E-state index is 0.113. The number of hydrogen-bond donors (Lipinski definition) is 1. The number of nitrogens with zero attached hydrogens (tertiary/aromatic N) is 1. The van der Waals surface area contributed by atoms with E-state index in [1.807, 2.05) is 0 Å². The summed E-state index contributed by atoms with van der Waals surface area (Å²) in [6, 6.07) is 7.90. The molecule has 0 heterocycles. The molecule has 0 radical (unpaired) electrons. The third kappa shape index (κ3) is 5.20. The van der Waals surface area contributed by atoms with E-state index in [1.54, 1.807) is 19.1 Å². The molecule has 158 valence electrons. The van der Waals surface area contributed by atoms with Crippen LogP contribution in [0.2, 0.25) is 0 Å². The Morgan fingerprint density at radius 2 is 1.79 bits per heavy atom. The largest absolute Gasteiger partial charge is 0.495 e. The lowest BCUT2D eigenvalue weighted by atomic mass is 10.1. The lowest BCUT2D eigenvalue weighted by molar-refractivity contribution is -0.137. The number of rotatable bonds is 6. The molecule has 2 rings (SSSR count). The van der Waals surface area contributed by atoms with Crippen molar-refractivity contribution in [2.24, 2.45) is 0 Å². The fraction of sp³-hybridized carbons (Fsp3) is 0.316. The monoisotopic (exact) mass is 430 g/mol. The quantitative estimate of drug-likeness (QED) is 0.756. The van der Waals surface area contributed by atoms with Crippen LogP contribution in [0.5, 0.6) is 5.75 Å². The number of amides is 1. The first-order valence-corrected chi connectivity index (χ1v) is 10.3. The van der Waals surface area contributed by atoms with E-state index < -0.39 is 39.4 Å². The van der Waals surface area contributed by atoms with Crippen molar-refractivity contribution in [3.63, 3.8) is 0 Å². The van der Waals surface area contributed by atoms with E-state index in [2.05, 4.69) is 5.32 Å². The highest BCUT2D eigenvalue weighted by atomic mass is 32.2. The Balaban J connectivity index is 2.46. The summed E-state index contributed by atoms with van der Waals surface area (Å²) in [6.07, 6.45) is -3.77. The van der Waals surface area contributed by atoms with Crippen LogP contribution in [0.4, 0.5) is 24.5 Å². The molecule has 29 heavy (non-hydrogen) atoms. The molecule has 2 aromatic rings. The molecular weight excluding hydrogens is 409 g/mol. The highest BCUT2D eigenvalue weighted by Crippen LogP contribution is 2.36. The average Bonchev–Trinajstić information content (AvgIpc) is 2.60. The highest BCUT2D eigenvalue weighted by Gasteiger charge is 2.35. The van der Waals surface area contributed by atoms with Gasteiger partial charge in [0.25, 0.3) is 0 Å². The maximum atomic E-state index is 13.2. The van der Waals surface area contributed by atoms with Crippen molar-refractivity contribution in [2.45, 2.75) is 26.1 Å².